The van der Waals surface area contributed by atoms with E-state index in [4.69, 9.17) is 16.6 Å². The third-order valence-corrected chi connectivity index (χ3v) is 7.11. The lowest BCUT2D eigenvalue weighted by molar-refractivity contribution is 0.334. The van der Waals surface area contributed by atoms with Crippen molar-refractivity contribution in [2.75, 3.05) is 11.9 Å². The smallest absolute Gasteiger partial charge is 0.257 e. The maximum atomic E-state index is 14.6. The van der Waals surface area contributed by atoms with Gasteiger partial charge in [-0.05, 0) is 79.0 Å². The molecule has 7 heteroatoms. The minimum atomic E-state index is -0.232. The Balaban J connectivity index is 1.53. The minimum Gasteiger partial charge on any atom is -0.329 e. The number of hydrogen-bond donors (Lipinski definition) is 0. The predicted octanol–water partition coefficient (Wildman–Crippen LogP) is 6.21. The lowest BCUT2D eigenvalue weighted by atomic mass is 9.86. The molecule has 2 aromatic heterocycles. The molecule has 1 aliphatic carbocycles. The highest BCUT2D eigenvalue weighted by molar-refractivity contribution is 6.31. The molecule has 0 unspecified atom stereocenters. The van der Waals surface area contributed by atoms with Crippen LogP contribution in [-0.2, 0) is 6.42 Å². The van der Waals surface area contributed by atoms with E-state index in [-0.39, 0.29) is 5.82 Å². The zero-order valence-corrected chi connectivity index (χ0v) is 18.7. The van der Waals surface area contributed by atoms with E-state index >= 15 is 0 Å². The number of nitrogens with zero attached hydrogens (tertiary/aromatic N) is 5. The van der Waals surface area contributed by atoms with Crippen molar-refractivity contribution in [3.05, 3.63) is 59.1 Å². The van der Waals surface area contributed by atoms with E-state index in [0.717, 1.165) is 35.0 Å². The zero-order valence-electron chi connectivity index (χ0n) is 17.9. The molecule has 5 rings (SSSR count). The second-order valence-electron chi connectivity index (χ2n) is 8.99. The Morgan fingerprint density at radius 1 is 1.19 bits per heavy atom. The van der Waals surface area contributed by atoms with E-state index in [1.807, 2.05) is 30.1 Å². The first-order valence-electron chi connectivity index (χ1n) is 10.7. The molecule has 1 fully saturated rings. The average molecular weight is 438 g/mol. The first-order valence-corrected chi connectivity index (χ1v) is 11.1. The highest BCUT2D eigenvalue weighted by Gasteiger charge is 2.44. The van der Waals surface area contributed by atoms with Gasteiger partial charge in [-0.15, -0.1) is 10.2 Å². The normalized spacial score (nSPS) is 15.2. The number of aryl methyl sites for hydroxylation is 1. The topological polar surface area (TPSA) is 46.3 Å². The summed E-state index contributed by atoms with van der Waals surface area (Å²) >= 11 is 6.24. The molecule has 0 amide bonds. The van der Waals surface area contributed by atoms with Gasteiger partial charge in [-0.25, -0.2) is 4.39 Å². The maximum Gasteiger partial charge on any atom is 0.257 e. The van der Waals surface area contributed by atoms with Gasteiger partial charge in [-0.3, -0.25) is 4.40 Å². The van der Waals surface area contributed by atoms with Gasteiger partial charge >= 0.3 is 0 Å². The Hall–Kier alpha value is -2.73. The second-order valence-corrected chi connectivity index (χ2v) is 9.43. The summed E-state index contributed by atoms with van der Waals surface area (Å²) in [6.45, 7) is 4.59. The van der Waals surface area contributed by atoms with Crippen LogP contribution in [0.5, 0.6) is 0 Å². The minimum absolute atomic E-state index is 0.232. The highest BCUT2D eigenvalue weighted by atomic mass is 35.5. The molecule has 0 aliphatic heterocycles. The third kappa shape index (κ3) is 3.63. The number of halogens is 2. The molecular formula is C24H25ClFN5. The average Bonchev–Trinajstić information content (AvgIpc) is 3.39. The third-order valence-electron chi connectivity index (χ3n) is 6.87. The summed E-state index contributed by atoms with van der Waals surface area (Å²) in [4.78, 5) is 6.61. The lowest BCUT2D eigenvalue weighted by Crippen LogP contribution is -2.14. The molecule has 31 heavy (non-hydrogen) atoms. The first kappa shape index (κ1) is 20.2. The number of aromatic nitrogens is 4. The molecule has 4 aromatic rings. The van der Waals surface area contributed by atoms with Crippen LogP contribution < -0.4 is 4.90 Å². The van der Waals surface area contributed by atoms with Crippen molar-refractivity contribution in [3.8, 4) is 0 Å². The molecule has 5 nitrogen and oxygen atoms in total. The molecule has 2 heterocycles. The molecule has 2 aromatic carbocycles. The van der Waals surface area contributed by atoms with Gasteiger partial charge in [0.2, 0.25) is 0 Å². The van der Waals surface area contributed by atoms with Crippen LogP contribution in [0.25, 0.3) is 16.7 Å². The van der Waals surface area contributed by atoms with Gasteiger partial charge in [0.1, 0.15) is 18.0 Å². The van der Waals surface area contributed by atoms with Gasteiger partial charge in [0, 0.05) is 23.1 Å². The van der Waals surface area contributed by atoms with Gasteiger partial charge in [0.15, 0.2) is 0 Å². The molecule has 0 N–H and O–H groups in total. The zero-order chi connectivity index (χ0) is 21.8. The summed E-state index contributed by atoms with van der Waals surface area (Å²) in [6, 6.07) is 10.9. The fraction of sp³-hybridized carbons (Fsp3) is 0.375. The van der Waals surface area contributed by atoms with Crippen LogP contribution in [-0.4, -0.2) is 26.6 Å². The van der Waals surface area contributed by atoms with Gasteiger partial charge in [0.05, 0.1) is 5.52 Å². The number of rotatable bonds is 6. The fourth-order valence-electron chi connectivity index (χ4n) is 4.54. The first-order chi connectivity index (χ1) is 14.9. The summed E-state index contributed by atoms with van der Waals surface area (Å²) in [5, 5.41) is 9.60. The largest absolute Gasteiger partial charge is 0.329 e. The van der Waals surface area contributed by atoms with E-state index in [1.54, 1.807) is 22.9 Å². The van der Waals surface area contributed by atoms with Crippen LogP contribution >= 0.6 is 11.6 Å². The van der Waals surface area contributed by atoms with Gasteiger partial charge in [-0.1, -0.05) is 25.4 Å². The Bertz CT molecular complexity index is 1280. The number of hydrogen-bond acceptors (Lipinski definition) is 4. The van der Waals surface area contributed by atoms with Crippen molar-refractivity contribution in [2.24, 2.45) is 11.3 Å². The Morgan fingerprint density at radius 3 is 2.74 bits per heavy atom. The molecule has 160 valence electrons. The molecule has 0 atom stereocenters. The van der Waals surface area contributed by atoms with Crippen LogP contribution in [0.15, 0.2) is 42.7 Å². The summed E-state index contributed by atoms with van der Waals surface area (Å²) in [5.74, 6) is 1.59. The number of fused-ring (bicyclic) bond motifs is 3. The molecule has 0 saturated heterocycles. The van der Waals surface area contributed by atoms with Crippen molar-refractivity contribution < 1.29 is 4.39 Å². The quantitative estimate of drug-likeness (QED) is 0.360. The molecular weight excluding hydrogens is 413 g/mol. The predicted molar refractivity (Wildman–Crippen MR) is 123 cm³/mol. The lowest BCUT2D eigenvalue weighted by Gasteiger charge is -2.22. The molecule has 0 radical (unpaired) electrons. The van der Waals surface area contributed by atoms with Gasteiger partial charge in [0.25, 0.3) is 5.78 Å². The van der Waals surface area contributed by atoms with Gasteiger partial charge < -0.3 is 4.90 Å². The van der Waals surface area contributed by atoms with E-state index in [1.165, 1.54) is 12.8 Å². The standard InChI is InChI=1S/C24H25ClFN5/c1-15(2)24(8-9-24)7-6-16-10-18(26)13-19(11-16)30(3)22-20-5-4-17(25)12-21(20)31-14-27-29-23(31)28-22/h4-5,10-15H,6-9H2,1-3H3. The van der Waals surface area contributed by atoms with E-state index < -0.39 is 0 Å². The Morgan fingerprint density at radius 2 is 2.00 bits per heavy atom. The summed E-state index contributed by atoms with van der Waals surface area (Å²) < 4.78 is 16.4. The van der Waals surface area contributed by atoms with Crippen molar-refractivity contribution in [2.45, 2.75) is 39.5 Å². The van der Waals surface area contributed by atoms with Crippen molar-refractivity contribution in [1.29, 1.82) is 0 Å². The Kier molecular flexibility index (Phi) is 4.85. The van der Waals surface area contributed by atoms with Crippen LogP contribution in [0.1, 0.15) is 38.7 Å². The molecule has 1 aliphatic rings. The summed E-state index contributed by atoms with van der Waals surface area (Å²) in [7, 11) is 1.90. The van der Waals surface area contributed by atoms with E-state index in [2.05, 4.69) is 30.1 Å². The second kappa shape index (κ2) is 7.45. The summed E-state index contributed by atoms with van der Waals surface area (Å²) in [5.41, 5.74) is 3.07. The van der Waals surface area contributed by atoms with Crippen molar-refractivity contribution in [1.82, 2.24) is 19.6 Å². The molecule has 0 spiro atoms. The fourth-order valence-corrected chi connectivity index (χ4v) is 4.71. The SMILES string of the molecule is CC(C)C1(CCc2cc(F)cc(N(C)c3nc4nncn4c4cc(Cl)ccc34)c2)CC1. The van der Waals surface area contributed by atoms with Crippen molar-refractivity contribution in [3.63, 3.8) is 0 Å². The maximum absolute atomic E-state index is 14.6. The Labute approximate surface area is 185 Å². The van der Waals surface area contributed by atoms with Crippen LogP contribution in [0.4, 0.5) is 15.9 Å². The molecule has 0 bridgehead atoms. The summed E-state index contributed by atoms with van der Waals surface area (Å²) in [6.07, 6.45) is 6.16. The van der Waals surface area contributed by atoms with Crippen LogP contribution in [0.3, 0.4) is 0 Å². The number of benzene rings is 2. The van der Waals surface area contributed by atoms with Crippen molar-refractivity contribution >= 4 is 39.8 Å². The van der Waals surface area contributed by atoms with Crippen LogP contribution in [0, 0.1) is 17.2 Å². The highest BCUT2D eigenvalue weighted by Crippen LogP contribution is 2.55. The monoisotopic (exact) mass is 437 g/mol. The van der Waals surface area contributed by atoms with E-state index in [9.17, 15) is 4.39 Å². The van der Waals surface area contributed by atoms with Crippen LogP contribution in [0.2, 0.25) is 5.02 Å². The number of anilines is 2. The van der Waals surface area contributed by atoms with Gasteiger partial charge in [-0.2, -0.15) is 4.98 Å². The van der Waals surface area contributed by atoms with E-state index in [0.29, 0.717) is 28.0 Å². The molecule has 1 saturated carbocycles.